The van der Waals surface area contributed by atoms with Crippen molar-refractivity contribution in [3.05, 3.63) is 141 Å². The molecule has 0 radical (unpaired) electrons. The molecule has 5 amide bonds. The van der Waals surface area contributed by atoms with E-state index in [1.807, 2.05) is 6.92 Å². The molecule has 0 bridgehead atoms. The summed E-state index contributed by atoms with van der Waals surface area (Å²) >= 11 is 0. The zero-order chi connectivity index (χ0) is 53.4. The summed E-state index contributed by atoms with van der Waals surface area (Å²) in [4.78, 5) is 108. The molecule has 7 rings (SSSR count). The third-order valence-corrected chi connectivity index (χ3v) is 11.3. The number of hydrogen-bond acceptors (Lipinski definition) is 12. The molecule has 5 heterocycles. The molecular formula is C53H68F2N8O11. The lowest BCUT2D eigenvalue weighted by atomic mass is 9.94. The summed E-state index contributed by atoms with van der Waals surface area (Å²) in [6, 6.07) is 20.5. The zero-order valence-electron chi connectivity index (χ0n) is 41.6. The second kappa shape index (κ2) is 24.0. The first-order valence-electron chi connectivity index (χ1n) is 23.3. The number of pyridine rings is 3. The van der Waals surface area contributed by atoms with Gasteiger partial charge in [0, 0.05) is 73.3 Å². The lowest BCUT2D eigenvalue weighted by molar-refractivity contribution is -0.150. The normalized spacial score (nSPS) is 17.2. The SMILES string of the molecule is C.CCOC(=O)[C@H]1CN(C(=O)OC(C)(C)C)C[C@@H]1C(=O)Nc1ccc(-n2ccccc2=O)cc1F.Cc1ccc(NC(=O)[C@H]2CN(C(=O)OC(C)(C)C)C[C@@H]2C(=O)Nc2ccc(-n3ccccc3=O)cc2F)nc1.[HH].[HH].[HH]. The van der Waals surface area contributed by atoms with Gasteiger partial charge in [-0.1, -0.05) is 25.6 Å². The van der Waals surface area contributed by atoms with Crippen LogP contribution >= 0.6 is 0 Å². The highest BCUT2D eigenvalue weighted by Crippen LogP contribution is 2.31. The number of anilines is 3. The maximum atomic E-state index is 15.0. The molecule has 2 aliphatic heterocycles. The van der Waals surface area contributed by atoms with E-state index in [9.17, 15) is 47.1 Å². The van der Waals surface area contributed by atoms with Crippen LogP contribution in [-0.2, 0) is 33.4 Å². The fourth-order valence-electron chi connectivity index (χ4n) is 7.85. The van der Waals surface area contributed by atoms with Crippen molar-refractivity contribution in [2.75, 3.05) is 48.7 Å². The first-order chi connectivity index (χ1) is 34.4. The molecule has 19 nitrogen and oxygen atoms in total. The first kappa shape index (κ1) is 56.7. The van der Waals surface area contributed by atoms with Crippen LogP contribution in [0.15, 0.2) is 113 Å². The third-order valence-electron chi connectivity index (χ3n) is 11.3. The third kappa shape index (κ3) is 14.7. The molecule has 400 valence electrons. The number of carbonyl (C=O) groups is 6. The second-order valence-corrected chi connectivity index (χ2v) is 19.3. The van der Waals surface area contributed by atoms with Gasteiger partial charge in [-0.05, 0) is 103 Å². The van der Waals surface area contributed by atoms with Crippen LogP contribution in [0.5, 0.6) is 0 Å². The number of benzene rings is 2. The van der Waals surface area contributed by atoms with Crippen molar-refractivity contribution in [1.29, 1.82) is 0 Å². The summed E-state index contributed by atoms with van der Waals surface area (Å²) in [5.74, 6) is -7.40. The molecule has 0 spiro atoms. The number of likely N-dealkylation sites (tertiary alicyclic amines) is 2. The molecule has 0 unspecified atom stereocenters. The summed E-state index contributed by atoms with van der Waals surface area (Å²) in [5, 5.41) is 7.72. The van der Waals surface area contributed by atoms with Crippen LogP contribution in [0.25, 0.3) is 11.4 Å². The van der Waals surface area contributed by atoms with Crippen molar-refractivity contribution in [2.24, 2.45) is 23.7 Å². The number of ether oxygens (including phenoxy) is 3. The number of hydrogen-bond donors (Lipinski definition) is 3. The minimum atomic E-state index is -0.987. The summed E-state index contributed by atoms with van der Waals surface area (Å²) in [7, 11) is 0. The van der Waals surface area contributed by atoms with Gasteiger partial charge in [-0.3, -0.25) is 37.9 Å². The Kier molecular flexibility index (Phi) is 18.4. The molecule has 2 aromatic carbocycles. The van der Waals surface area contributed by atoms with Crippen LogP contribution in [0.2, 0.25) is 0 Å². The van der Waals surface area contributed by atoms with Crippen molar-refractivity contribution < 1.29 is 56.0 Å². The Bertz CT molecular complexity index is 3000. The van der Waals surface area contributed by atoms with Crippen molar-refractivity contribution in [1.82, 2.24) is 23.9 Å². The average Bonchev–Trinajstić information content (AvgIpc) is 3.98. The summed E-state index contributed by atoms with van der Waals surface area (Å²) < 4.78 is 48.2. The monoisotopic (exact) mass is 1030 g/mol. The topological polar surface area (TPSA) is 230 Å². The minimum absolute atomic E-state index is 0. The van der Waals surface area contributed by atoms with Gasteiger partial charge in [0.15, 0.2) is 0 Å². The van der Waals surface area contributed by atoms with Gasteiger partial charge in [-0.25, -0.2) is 23.4 Å². The van der Waals surface area contributed by atoms with E-state index in [2.05, 4.69) is 20.9 Å². The maximum absolute atomic E-state index is 15.0. The fourth-order valence-corrected chi connectivity index (χ4v) is 7.85. The van der Waals surface area contributed by atoms with E-state index < -0.39 is 82.4 Å². The van der Waals surface area contributed by atoms with Crippen molar-refractivity contribution >= 4 is 53.1 Å². The zero-order valence-corrected chi connectivity index (χ0v) is 41.6. The van der Waals surface area contributed by atoms with E-state index in [-0.39, 0.29) is 72.7 Å². The van der Waals surface area contributed by atoms with E-state index in [4.69, 9.17) is 14.2 Å². The van der Waals surface area contributed by atoms with Crippen molar-refractivity contribution in [3.63, 3.8) is 0 Å². The summed E-state index contributed by atoms with van der Waals surface area (Å²) in [6.45, 7) is 13.6. The van der Waals surface area contributed by atoms with Gasteiger partial charge in [-0.2, -0.15) is 0 Å². The standard InChI is InChI=1S/C28H30FN5O5.C24H28FN3O6.CH4.3H2/c1-17-8-11-23(30-14-17)32-26(37)20-16-33(27(38)39-28(2,3)4)15-19(20)25(36)31-22-10-9-18(13-21(22)29)34-12-6-5-7-24(34)35;1-5-33-22(31)17-14-27(23(32)34-24(2,3)4)13-16(17)21(30)26-19-10-9-15(12-18(19)25)28-11-7-6-8-20(28)29;;;;/h5-14,19-20H,15-16H2,1-4H3,(H,31,36)(H,30,32,37);6-12,16-17H,5,13-14H2,1-4H3,(H,26,30);1H4;3*1H/t19-,20-;16-,17-;;;;/m00..../s1. The van der Waals surface area contributed by atoms with Crippen LogP contribution < -0.4 is 27.1 Å². The molecule has 5 aromatic rings. The molecule has 0 aliphatic carbocycles. The van der Waals surface area contributed by atoms with E-state index in [0.29, 0.717) is 11.5 Å². The summed E-state index contributed by atoms with van der Waals surface area (Å²) in [6.07, 6.45) is 3.29. The van der Waals surface area contributed by atoms with Gasteiger partial charge >= 0.3 is 18.2 Å². The van der Waals surface area contributed by atoms with Crippen LogP contribution in [0, 0.1) is 42.2 Å². The number of rotatable bonds is 10. The number of amides is 5. The number of aromatic nitrogens is 3. The number of nitrogens with one attached hydrogen (secondary N) is 3. The van der Waals surface area contributed by atoms with Gasteiger partial charge in [0.1, 0.15) is 28.7 Å². The quantitative estimate of drug-likeness (QED) is 0.0891. The van der Waals surface area contributed by atoms with Crippen LogP contribution in [0.4, 0.5) is 35.6 Å². The Labute approximate surface area is 431 Å². The molecule has 3 aromatic heterocycles. The molecular weight excluding hydrogens is 963 g/mol. The Balaban J connectivity index is 0.000000505. The van der Waals surface area contributed by atoms with Gasteiger partial charge in [-0.15, -0.1) is 0 Å². The average molecular weight is 1030 g/mol. The Morgan fingerprint density at radius 1 is 0.622 bits per heavy atom. The van der Waals surface area contributed by atoms with Gasteiger partial charge in [0.2, 0.25) is 17.7 Å². The number of carbonyl (C=O) groups excluding carboxylic acids is 6. The number of esters is 1. The Morgan fingerprint density at radius 2 is 1.04 bits per heavy atom. The molecule has 0 saturated carbocycles. The molecule has 2 saturated heterocycles. The highest BCUT2D eigenvalue weighted by molar-refractivity contribution is 6.01. The molecule has 3 N–H and O–H groups in total. The van der Waals surface area contributed by atoms with Crippen molar-refractivity contribution in [2.45, 2.75) is 74.0 Å². The highest BCUT2D eigenvalue weighted by Gasteiger charge is 2.47. The Hall–Kier alpha value is -8.23. The predicted molar refractivity (Wildman–Crippen MR) is 278 cm³/mol. The van der Waals surface area contributed by atoms with Crippen LogP contribution in [0.1, 0.15) is 65.7 Å². The van der Waals surface area contributed by atoms with Gasteiger partial charge in [0.05, 0.1) is 53.0 Å². The minimum Gasteiger partial charge on any atom is -0.466 e. The summed E-state index contributed by atoms with van der Waals surface area (Å²) in [5.41, 5.74) is -0.928. The smallest absolute Gasteiger partial charge is 0.410 e. The molecule has 4 atom stereocenters. The highest BCUT2D eigenvalue weighted by atomic mass is 19.1. The molecule has 2 aliphatic rings. The largest absolute Gasteiger partial charge is 0.466 e. The van der Waals surface area contributed by atoms with Gasteiger partial charge in [0.25, 0.3) is 11.1 Å². The number of nitrogens with zero attached hydrogens (tertiary/aromatic N) is 5. The lowest BCUT2D eigenvalue weighted by Gasteiger charge is -2.24. The Morgan fingerprint density at radius 3 is 1.42 bits per heavy atom. The first-order valence-corrected chi connectivity index (χ1v) is 23.3. The maximum Gasteiger partial charge on any atom is 0.410 e. The number of aryl methyl sites for hydroxylation is 1. The van der Waals surface area contributed by atoms with E-state index in [1.54, 1.807) is 91.1 Å². The lowest BCUT2D eigenvalue weighted by Crippen LogP contribution is -2.36. The molecule has 2 fully saturated rings. The number of halogens is 2. The fraction of sp³-hybridized carbons (Fsp3) is 0.377. The van der Waals surface area contributed by atoms with Crippen molar-refractivity contribution in [3.8, 4) is 11.4 Å². The molecule has 74 heavy (non-hydrogen) atoms. The second-order valence-electron chi connectivity index (χ2n) is 19.3. The van der Waals surface area contributed by atoms with E-state index in [0.717, 1.165) is 17.7 Å². The molecule has 21 heteroatoms. The van der Waals surface area contributed by atoms with Crippen LogP contribution in [-0.4, -0.2) is 104 Å². The predicted octanol–water partition coefficient (Wildman–Crippen LogP) is 8.08. The van der Waals surface area contributed by atoms with E-state index >= 15 is 0 Å². The van der Waals surface area contributed by atoms with Gasteiger partial charge < -0.3 is 40.0 Å². The van der Waals surface area contributed by atoms with E-state index in [1.165, 1.54) is 67.7 Å². The van der Waals surface area contributed by atoms with Crippen LogP contribution in [0.3, 0.4) is 0 Å².